The van der Waals surface area contributed by atoms with Crippen molar-refractivity contribution in [2.24, 2.45) is 0 Å². The fourth-order valence-electron chi connectivity index (χ4n) is 3.17. The normalized spacial score (nSPS) is 16.3. The van der Waals surface area contributed by atoms with Crippen molar-refractivity contribution in [3.05, 3.63) is 81.7 Å². The highest BCUT2D eigenvalue weighted by molar-refractivity contribution is 6.30. The van der Waals surface area contributed by atoms with Crippen molar-refractivity contribution in [3.8, 4) is 0 Å². The van der Waals surface area contributed by atoms with Crippen molar-refractivity contribution in [1.82, 2.24) is 14.5 Å². The molecule has 4 rings (SSSR count). The van der Waals surface area contributed by atoms with E-state index >= 15 is 0 Å². The lowest BCUT2D eigenvalue weighted by Gasteiger charge is -2.17. The number of halogens is 2. The molecule has 7 nitrogen and oxygen atoms in total. The third-order valence-electron chi connectivity index (χ3n) is 4.68. The summed E-state index contributed by atoms with van der Waals surface area (Å²) in [6.45, 7) is 0.798. The number of hydrogen-bond donors (Lipinski definition) is 1. The van der Waals surface area contributed by atoms with Crippen LogP contribution in [0.3, 0.4) is 0 Å². The molecule has 0 aliphatic carbocycles. The molecule has 1 aliphatic heterocycles. The Balaban J connectivity index is 1.44. The molecule has 2 aromatic carbocycles. The zero-order valence-corrected chi connectivity index (χ0v) is 16.0. The maximum absolute atomic E-state index is 13.1. The minimum atomic E-state index is -0.549. The molecule has 29 heavy (non-hydrogen) atoms. The standard InChI is InChI=1S/C20H17ClFN5O2/c21-14-3-1-13(2-4-14)11-26-12-23-19(25-20(26)29)24-17-9-10-27(18(17)28)16-7-5-15(22)6-8-16/h1-8,12,17H,9-11H2,(H,24,25,29). The van der Waals surface area contributed by atoms with E-state index in [2.05, 4.69) is 15.3 Å². The smallest absolute Gasteiger partial charge is 0.342 e. The van der Waals surface area contributed by atoms with Gasteiger partial charge in [-0.2, -0.15) is 4.98 Å². The van der Waals surface area contributed by atoms with Crippen molar-refractivity contribution in [1.29, 1.82) is 0 Å². The maximum Gasteiger partial charge on any atom is 0.352 e. The Morgan fingerprint density at radius 1 is 1.10 bits per heavy atom. The molecular formula is C20H17ClFN5O2. The molecule has 0 spiro atoms. The lowest BCUT2D eigenvalue weighted by atomic mass is 10.2. The largest absolute Gasteiger partial charge is 0.352 e. The molecule has 1 fully saturated rings. The van der Waals surface area contributed by atoms with Crippen LogP contribution < -0.4 is 15.9 Å². The molecule has 1 N–H and O–H groups in total. The van der Waals surface area contributed by atoms with Gasteiger partial charge < -0.3 is 10.2 Å². The van der Waals surface area contributed by atoms with E-state index in [1.165, 1.54) is 23.0 Å². The van der Waals surface area contributed by atoms with Crippen LogP contribution in [0.15, 0.2) is 59.7 Å². The Morgan fingerprint density at radius 2 is 1.83 bits per heavy atom. The second-order valence-corrected chi connectivity index (χ2v) is 7.11. The molecule has 0 saturated carbocycles. The third-order valence-corrected chi connectivity index (χ3v) is 4.93. The molecule has 0 bridgehead atoms. The highest BCUT2D eigenvalue weighted by Gasteiger charge is 2.33. The monoisotopic (exact) mass is 413 g/mol. The van der Waals surface area contributed by atoms with Gasteiger partial charge in [-0.25, -0.2) is 14.2 Å². The fraction of sp³-hybridized carbons (Fsp3) is 0.200. The number of rotatable bonds is 5. The van der Waals surface area contributed by atoms with Crippen molar-refractivity contribution in [2.75, 3.05) is 16.8 Å². The summed E-state index contributed by atoms with van der Waals surface area (Å²) in [5.74, 6) is -0.435. The summed E-state index contributed by atoms with van der Waals surface area (Å²) in [4.78, 5) is 34.6. The minimum Gasteiger partial charge on any atom is -0.342 e. The fourth-order valence-corrected chi connectivity index (χ4v) is 3.30. The molecule has 3 aromatic rings. The summed E-state index contributed by atoms with van der Waals surface area (Å²) in [7, 11) is 0. The average Bonchev–Trinajstić information content (AvgIpc) is 3.07. The van der Waals surface area contributed by atoms with Crippen LogP contribution in [-0.2, 0) is 11.3 Å². The molecule has 1 amide bonds. The summed E-state index contributed by atoms with van der Waals surface area (Å²) < 4.78 is 14.5. The SMILES string of the molecule is O=C1C(Nc2ncn(Cc3ccc(Cl)cc3)c(=O)n2)CCN1c1ccc(F)cc1. The lowest BCUT2D eigenvalue weighted by Crippen LogP contribution is -2.35. The molecule has 2 heterocycles. The first kappa shape index (κ1) is 19.1. The molecular weight excluding hydrogens is 397 g/mol. The number of anilines is 2. The zero-order valence-electron chi connectivity index (χ0n) is 15.3. The van der Waals surface area contributed by atoms with Gasteiger partial charge in [0.1, 0.15) is 18.2 Å². The van der Waals surface area contributed by atoms with E-state index in [-0.39, 0.29) is 17.7 Å². The molecule has 9 heteroatoms. The third kappa shape index (κ3) is 4.27. The molecule has 1 atom stereocenters. The topological polar surface area (TPSA) is 80.1 Å². The highest BCUT2D eigenvalue weighted by atomic mass is 35.5. The van der Waals surface area contributed by atoms with Gasteiger partial charge in [0.25, 0.3) is 0 Å². The minimum absolute atomic E-state index is 0.0988. The molecule has 1 aromatic heterocycles. The van der Waals surface area contributed by atoms with E-state index < -0.39 is 11.7 Å². The molecule has 1 aliphatic rings. The predicted molar refractivity (Wildman–Crippen MR) is 108 cm³/mol. The summed E-state index contributed by atoms with van der Waals surface area (Å²) in [6.07, 6.45) is 1.91. The van der Waals surface area contributed by atoms with E-state index in [1.807, 2.05) is 12.1 Å². The van der Waals surface area contributed by atoms with Crippen LogP contribution in [0.4, 0.5) is 16.0 Å². The van der Waals surface area contributed by atoms with Gasteiger partial charge in [0.15, 0.2) is 0 Å². The van der Waals surface area contributed by atoms with Crippen LogP contribution in [-0.4, -0.2) is 33.0 Å². The Kier molecular flexibility index (Phi) is 5.26. The van der Waals surface area contributed by atoms with Crippen molar-refractivity contribution < 1.29 is 9.18 Å². The highest BCUT2D eigenvalue weighted by Crippen LogP contribution is 2.23. The average molecular weight is 414 g/mol. The number of amides is 1. The quantitative estimate of drug-likeness (QED) is 0.695. The second kappa shape index (κ2) is 8.00. The molecule has 1 unspecified atom stereocenters. The first-order chi connectivity index (χ1) is 14.0. The summed E-state index contributed by atoms with van der Waals surface area (Å²) in [6, 6.07) is 12.3. The van der Waals surface area contributed by atoms with Crippen molar-refractivity contribution in [2.45, 2.75) is 19.0 Å². The zero-order chi connectivity index (χ0) is 20.4. The summed E-state index contributed by atoms with van der Waals surface area (Å²) in [5.41, 5.74) is 1.04. The van der Waals surface area contributed by atoms with Crippen LogP contribution in [0, 0.1) is 5.82 Å². The Bertz CT molecular complexity index is 1090. The maximum atomic E-state index is 13.1. The number of nitrogens with zero attached hydrogens (tertiary/aromatic N) is 4. The van der Waals surface area contributed by atoms with Crippen LogP contribution in [0.1, 0.15) is 12.0 Å². The van der Waals surface area contributed by atoms with Crippen molar-refractivity contribution >= 4 is 29.1 Å². The van der Waals surface area contributed by atoms with Crippen LogP contribution in [0.5, 0.6) is 0 Å². The number of carbonyl (C=O) groups excluding carboxylic acids is 1. The van der Waals surface area contributed by atoms with Gasteiger partial charge in [0, 0.05) is 17.3 Å². The van der Waals surface area contributed by atoms with Gasteiger partial charge in [-0.05, 0) is 48.4 Å². The van der Waals surface area contributed by atoms with Gasteiger partial charge >= 0.3 is 5.69 Å². The first-order valence-corrected chi connectivity index (χ1v) is 9.39. The van der Waals surface area contributed by atoms with Crippen LogP contribution >= 0.6 is 11.6 Å². The predicted octanol–water partition coefficient (Wildman–Crippen LogP) is 2.70. The van der Waals surface area contributed by atoms with Gasteiger partial charge in [0.05, 0.1) is 6.54 Å². The van der Waals surface area contributed by atoms with Crippen LogP contribution in [0.25, 0.3) is 0 Å². The van der Waals surface area contributed by atoms with Crippen LogP contribution in [0.2, 0.25) is 5.02 Å². The summed E-state index contributed by atoms with van der Waals surface area (Å²) >= 11 is 5.87. The Hall–Kier alpha value is -3.26. The van der Waals surface area contributed by atoms with E-state index in [9.17, 15) is 14.0 Å². The van der Waals surface area contributed by atoms with E-state index in [0.29, 0.717) is 30.2 Å². The number of benzene rings is 2. The molecule has 148 valence electrons. The second-order valence-electron chi connectivity index (χ2n) is 6.67. The summed E-state index contributed by atoms with van der Waals surface area (Å²) in [5, 5.41) is 3.54. The van der Waals surface area contributed by atoms with E-state index in [0.717, 1.165) is 5.56 Å². The number of carbonyl (C=O) groups is 1. The Labute approximate surface area is 170 Å². The molecule has 1 saturated heterocycles. The van der Waals surface area contributed by atoms with E-state index in [1.54, 1.807) is 29.2 Å². The van der Waals surface area contributed by atoms with Gasteiger partial charge in [-0.1, -0.05) is 23.7 Å². The number of hydrogen-bond acceptors (Lipinski definition) is 5. The lowest BCUT2D eigenvalue weighted by molar-refractivity contribution is -0.117. The van der Waals surface area contributed by atoms with Gasteiger partial charge in [-0.15, -0.1) is 0 Å². The number of aromatic nitrogens is 3. The van der Waals surface area contributed by atoms with Gasteiger partial charge in [0.2, 0.25) is 11.9 Å². The first-order valence-electron chi connectivity index (χ1n) is 9.01. The van der Waals surface area contributed by atoms with E-state index in [4.69, 9.17) is 11.6 Å². The Morgan fingerprint density at radius 3 is 2.52 bits per heavy atom. The van der Waals surface area contributed by atoms with Gasteiger partial charge in [-0.3, -0.25) is 9.36 Å². The molecule has 0 radical (unpaired) electrons. The van der Waals surface area contributed by atoms with Crippen molar-refractivity contribution in [3.63, 3.8) is 0 Å². The number of nitrogens with one attached hydrogen (secondary N) is 1.